The molecule has 0 saturated carbocycles. The van der Waals surface area contributed by atoms with E-state index < -0.39 is 60.1 Å². The van der Waals surface area contributed by atoms with E-state index in [1.165, 1.54) is 42.2 Å². The predicted molar refractivity (Wildman–Crippen MR) is 146 cm³/mol. The van der Waals surface area contributed by atoms with E-state index >= 15 is 0 Å². The van der Waals surface area contributed by atoms with Gasteiger partial charge >= 0.3 is 6.29 Å². The fourth-order valence-corrected chi connectivity index (χ4v) is 5.32. The smallest absolute Gasteiger partial charge is 0.491 e. The summed E-state index contributed by atoms with van der Waals surface area (Å²) < 4.78 is 42.8. The fraction of sp³-hybridized carbons (Fsp3) is 0.448. The molecule has 5 rings (SSSR count). The van der Waals surface area contributed by atoms with Crippen molar-refractivity contribution in [3.8, 4) is 28.4 Å². The summed E-state index contributed by atoms with van der Waals surface area (Å²) in [6, 6.07) is 5.74. The fourth-order valence-electron chi connectivity index (χ4n) is 5.32. The minimum Gasteiger partial charge on any atom is -0.491 e. The molecule has 1 saturated heterocycles. The largest absolute Gasteiger partial charge is 0.586 e. The monoisotopic (exact) mass is 602 g/mol. The molecule has 230 valence electrons. The van der Waals surface area contributed by atoms with Gasteiger partial charge in [-0.05, 0) is 36.6 Å². The molecule has 2 aromatic carbocycles. The molecule has 0 unspecified atom stereocenters. The van der Waals surface area contributed by atoms with Gasteiger partial charge in [-0.15, -0.1) is 8.78 Å². The molecule has 0 spiro atoms. The number of benzene rings is 2. The molecule has 1 fully saturated rings. The maximum atomic E-state index is 13.8. The first-order valence-electron chi connectivity index (χ1n) is 13.9. The van der Waals surface area contributed by atoms with Crippen LogP contribution in [0.25, 0.3) is 11.1 Å². The third-order valence-electron chi connectivity index (χ3n) is 7.45. The van der Waals surface area contributed by atoms with Crippen LogP contribution in [-0.2, 0) is 14.4 Å². The van der Waals surface area contributed by atoms with Crippen LogP contribution in [-0.4, -0.2) is 83.9 Å². The van der Waals surface area contributed by atoms with Gasteiger partial charge in [-0.1, -0.05) is 32.0 Å². The van der Waals surface area contributed by atoms with Crippen molar-refractivity contribution in [3.05, 3.63) is 42.0 Å². The number of para-hydroxylation sites is 1. The molecule has 0 aromatic heterocycles. The number of hydrogen-bond donors (Lipinski definition) is 4. The molecule has 3 aliphatic heterocycles. The first-order chi connectivity index (χ1) is 20.3. The van der Waals surface area contributed by atoms with E-state index in [9.17, 15) is 33.1 Å². The van der Waals surface area contributed by atoms with E-state index in [4.69, 9.17) is 9.47 Å². The molecular weight excluding hydrogens is 570 g/mol. The maximum Gasteiger partial charge on any atom is 0.586 e. The lowest BCUT2D eigenvalue weighted by molar-refractivity contribution is -0.286. The minimum atomic E-state index is -3.85. The highest BCUT2D eigenvalue weighted by Gasteiger charge is 2.45. The second-order valence-electron chi connectivity index (χ2n) is 11.0. The molecule has 3 aliphatic rings. The van der Waals surface area contributed by atoms with E-state index in [1.807, 2.05) is 0 Å². The lowest BCUT2D eigenvalue weighted by Crippen LogP contribution is -2.57. The normalized spacial score (nSPS) is 25.8. The first-order valence-corrected chi connectivity index (χ1v) is 13.9. The van der Waals surface area contributed by atoms with Crippen molar-refractivity contribution in [1.29, 1.82) is 0 Å². The van der Waals surface area contributed by atoms with Crippen molar-refractivity contribution >= 4 is 23.6 Å². The number of hydrogen-bond acceptors (Lipinski definition) is 8. The topological polar surface area (TPSA) is 156 Å². The molecule has 2 aromatic rings. The van der Waals surface area contributed by atoms with Crippen molar-refractivity contribution in [2.24, 2.45) is 5.92 Å². The van der Waals surface area contributed by atoms with Gasteiger partial charge in [0.05, 0.1) is 18.2 Å². The summed E-state index contributed by atoms with van der Waals surface area (Å²) in [6.07, 6.45) is -4.71. The average molecular weight is 603 g/mol. The Kier molecular flexibility index (Phi) is 8.14. The summed E-state index contributed by atoms with van der Waals surface area (Å²) in [5.74, 6) is -3.04. The summed E-state index contributed by atoms with van der Waals surface area (Å²) in [6.45, 7) is 4.78. The number of fused-ring (bicyclic) bond motifs is 3. The zero-order chi connectivity index (χ0) is 31.1. The molecule has 4 N–H and O–H groups in total. The van der Waals surface area contributed by atoms with Crippen LogP contribution in [0.2, 0.25) is 0 Å². The van der Waals surface area contributed by atoms with Crippen LogP contribution in [0.3, 0.4) is 0 Å². The third-order valence-corrected chi connectivity index (χ3v) is 7.45. The molecule has 0 aliphatic carbocycles. The van der Waals surface area contributed by atoms with Crippen LogP contribution in [0, 0.1) is 5.92 Å². The summed E-state index contributed by atoms with van der Waals surface area (Å²) in [5, 5.41) is 18.2. The number of ether oxygens (including phenoxy) is 3. The average Bonchev–Trinajstić information content (AvgIpc) is 3.50. The molecular formula is C29H32F2N4O8. The van der Waals surface area contributed by atoms with Crippen molar-refractivity contribution in [1.82, 2.24) is 20.9 Å². The zero-order valence-electron chi connectivity index (χ0n) is 23.7. The summed E-state index contributed by atoms with van der Waals surface area (Å²) in [5.41, 5.74) is 0.563. The minimum absolute atomic E-state index is 0.00753. The van der Waals surface area contributed by atoms with Gasteiger partial charge in [-0.3, -0.25) is 19.2 Å². The molecule has 4 atom stereocenters. The number of carbonyl (C=O) groups is 4. The van der Waals surface area contributed by atoms with Crippen LogP contribution < -0.4 is 30.2 Å². The summed E-state index contributed by atoms with van der Waals surface area (Å²) in [7, 11) is 0. The predicted octanol–water partition coefficient (Wildman–Crippen LogP) is 1.40. The number of halogens is 2. The second kappa shape index (κ2) is 11.7. The van der Waals surface area contributed by atoms with Crippen molar-refractivity contribution < 1.29 is 47.3 Å². The van der Waals surface area contributed by atoms with Crippen LogP contribution in [0.4, 0.5) is 8.78 Å². The number of aliphatic hydroxyl groups is 1. The Morgan fingerprint density at radius 3 is 2.51 bits per heavy atom. The van der Waals surface area contributed by atoms with Gasteiger partial charge in [0.2, 0.25) is 17.7 Å². The van der Waals surface area contributed by atoms with Gasteiger partial charge in [-0.25, -0.2) is 0 Å². The highest BCUT2D eigenvalue weighted by molar-refractivity contribution is 6.01. The molecule has 3 heterocycles. The Morgan fingerprint density at radius 2 is 1.77 bits per heavy atom. The third kappa shape index (κ3) is 6.19. The van der Waals surface area contributed by atoms with E-state index in [-0.39, 0.29) is 54.5 Å². The Hall–Kier alpha value is -4.46. The van der Waals surface area contributed by atoms with E-state index in [0.717, 1.165) is 0 Å². The van der Waals surface area contributed by atoms with Crippen molar-refractivity contribution in [3.63, 3.8) is 0 Å². The van der Waals surface area contributed by atoms with Gasteiger partial charge < -0.3 is 40.2 Å². The molecule has 0 radical (unpaired) electrons. The Labute approximate surface area is 245 Å². The highest BCUT2D eigenvalue weighted by Crippen LogP contribution is 2.47. The van der Waals surface area contributed by atoms with Crippen LogP contribution in [0.5, 0.6) is 17.2 Å². The molecule has 14 heteroatoms. The van der Waals surface area contributed by atoms with Crippen molar-refractivity contribution in [2.75, 3.05) is 19.7 Å². The number of carbonyl (C=O) groups excluding carboxylic acids is 4. The van der Waals surface area contributed by atoms with Gasteiger partial charge in [-0.2, -0.15) is 0 Å². The van der Waals surface area contributed by atoms with Crippen LogP contribution in [0.1, 0.15) is 37.6 Å². The molecule has 0 bridgehead atoms. The number of aliphatic hydroxyl groups excluding tert-OH is 1. The molecule has 4 amide bonds. The van der Waals surface area contributed by atoms with E-state index in [0.29, 0.717) is 5.56 Å². The van der Waals surface area contributed by atoms with Gasteiger partial charge in [0.15, 0.2) is 11.5 Å². The van der Waals surface area contributed by atoms with Crippen LogP contribution in [0.15, 0.2) is 36.4 Å². The second-order valence-corrected chi connectivity index (χ2v) is 11.0. The number of amides is 4. The van der Waals surface area contributed by atoms with E-state index in [1.54, 1.807) is 19.9 Å². The standard InChI is InChI=1S/C29H32F2N4O8/c1-14(2)23-27(39)33-15(3)28(40)35-13-17(36)12-20(35)26(38)32-9-10-41-21-8-7-16(11-19(21)25(37)34-23)18-5-4-6-22-24(18)43-29(30,31)42-22/h4-8,11,14-15,17,20,23,36H,9-10,12-13H2,1-3H3,(H,32,38)(H,33,39)(H,34,37)/t15-,17+,20+,23+/m1/s1. The first kappa shape index (κ1) is 30.0. The van der Waals surface area contributed by atoms with Gasteiger partial charge in [0.1, 0.15) is 30.5 Å². The summed E-state index contributed by atoms with van der Waals surface area (Å²) >= 11 is 0. The number of rotatable bonds is 2. The zero-order valence-corrected chi connectivity index (χ0v) is 23.7. The van der Waals surface area contributed by atoms with Gasteiger partial charge in [0, 0.05) is 18.5 Å². The number of nitrogens with one attached hydrogen (secondary N) is 3. The van der Waals surface area contributed by atoms with Crippen molar-refractivity contribution in [2.45, 2.75) is 57.7 Å². The lowest BCUT2D eigenvalue weighted by atomic mass is 9.99. The van der Waals surface area contributed by atoms with Gasteiger partial charge in [0.25, 0.3) is 5.91 Å². The summed E-state index contributed by atoms with van der Waals surface area (Å²) in [4.78, 5) is 54.3. The Morgan fingerprint density at radius 1 is 1.00 bits per heavy atom. The van der Waals surface area contributed by atoms with Crippen LogP contribution >= 0.6 is 0 Å². The molecule has 43 heavy (non-hydrogen) atoms. The highest BCUT2D eigenvalue weighted by atomic mass is 19.3. The SMILES string of the molecule is CC(C)[C@@H]1NC(=O)c2cc(-c3cccc4c3OC(F)(F)O4)ccc2OCCNC(=O)[C@@H]2C[C@H](O)CN2C(=O)[C@@H](C)NC1=O. The number of nitrogens with zero attached hydrogens (tertiary/aromatic N) is 1. The maximum absolute atomic E-state index is 13.8. The van der Waals surface area contributed by atoms with E-state index in [2.05, 4.69) is 20.7 Å². The quantitative estimate of drug-likeness (QED) is 0.402. The molecule has 12 nitrogen and oxygen atoms in total. The lowest BCUT2D eigenvalue weighted by Gasteiger charge is -2.29. The Balaban J connectivity index is 1.49. The number of alkyl halides is 2. The Bertz CT molecular complexity index is 1450.